The van der Waals surface area contributed by atoms with E-state index in [9.17, 15) is 9.59 Å². The summed E-state index contributed by atoms with van der Waals surface area (Å²) < 4.78 is 29.3. The van der Waals surface area contributed by atoms with Crippen LogP contribution in [-0.2, 0) is 0 Å². The molecule has 0 bridgehead atoms. The first-order valence-corrected chi connectivity index (χ1v) is 18.5. The van der Waals surface area contributed by atoms with Crippen LogP contribution >= 0.6 is 0 Å². The van der Waals surface area contributed by atoms with E-state index in [-0.39, 0.29) is 29.5 Å². The molecule has 0 radical (unpaired) electrons. The Balaban J connectivity index is 1.45. The highest BCUT2D eigenvalue weighted by molar-refractivity contribution is 6.00. The number of carbonyl (C=O) groups excluding carboxylic acids is 2. The molecule has 2 N–H and O–H groups in total. The summed E-state index contributed by atoms with van der Waals surface area (Å²) in [6.45, 7) is 13.3. The maximum atomic E-state index is 14.2. The van der Waals surface area contributed by atoms with E-state index in [4.69, 9.17) is 28.7 Å². The zero-order valence-corrected chi connectivity index (χ0v) is 33.1. The molecule has 55 heavy (non-hydrogen) atoms. The number of likely N-dealkylation sites (N-methyl/N-ethyl adjacent to an activating group) is 1. The van der Waals surface area contributed by atoms with Gasteiger partial charge in [-0.05, 0) is 70.0 Å². The number of nitrogens with one attached hydrogen (secondary N) is 2. The highest BCUT2D eigenvalue weighted by Gasteiger charge is 2.28. The molecule has 2 heterocycles. The fraction of sp³-hybridized carbons (Fsp3) is 0.415. The third kappa shape index (κ3) is 10.3. The van der Waals surface area contributed by atoms with Gasteiger partial charge in [0, 0.05) is 74.4 Å². The summed E-state index contributed by atoms with van der Waals surface area (Å²) in [5.41, 5.74) is 2.82. The number of benzene rings is 3. The molecule has 1 fully saturated rings. The van der Waals surface area contributed by atoms with Crippen molar-refractivity contribution in [1.82, 2.24) is 25.1 Å². The Labute approximate surface area is 323 Å². The monoisotopic (exact) mass is 755 g/mol. The first-order chi connectivity index (χ1) is 26.5. The van der Waals surface area contributed by atoms with Crippen LogP contribution in [0.4, 0.5) is 27.9 Å². The predicted octanol–water partition coefficient (Wildman–Crippen LogP) is 6.74. The van der Waals surface area contributed by atoms with E-state index in [0.717, 1.165) is 56.7 Å². The molecule has 4 aromatic rings. The van der Waals surface area contributed by atoms with Crippen LogP contribution in [0.5, 0.6) is 28.7 Å². The van der Waals surface area contributed by atoms with E-state index in [2.05, 4.69) is 32.5 Å². The zero-order chi connectivity index (χ0) is 39.5. The summed E-state index contributed by atoms with van der Waals surface area (Å²) in [6, 6.07) is 15.6. The molecule has 2 amide bonds. The number of carbonyl (C=O) groups is 2. The van der Waals surface area contributed by atoms with E-state index in [1.807, 2.05) is 45.9 Å². The van der Waals surface area contributed by atoms with Crippen molar-refractivity contribution in [2.75, 3.05) is 77.9 Å². The van der Waals surface area contributed by atoms with Crippen molar-refractivity contribution in [3.63, 3.8) is 0 Å². The molecule has 14 nitrogen and oxygen atoms in total. The van der Waals surface area contributed by atoms with E-state index in [0.29, 0.717) is 46.5 Å². The summed E-state index contributed by atoms with van der Waals surface area (Å²) in [6.07, 6.45) is 2.41. The first kappa shape index (κ1) is 40.6. The van der Waals surface area contributed by atoms with Crippen LogP contribution < -0.4 is 39.2 Å². The van der Waals surface area contributed by atoms with Gasteiger partial charge in [-0.1, -0.05) is 25.1 Å². The number of anilines is 4. The second-order valence-electron chi connectivity index (χ2n) is 13.5. The molecule has 1 unspecified atom stereocenters. The largest absolute Gasteiger partial charge is 0.495 e. The fourth-order valence-electron chi connectivity index (χ4n) is 6.13. The summed E-state index contributed by atoms with van der Waals surface area (Å²) in [4.78, 5) is 42.5. The summed E-state index contributed by atoms with van der Waals surface area (Å²) in [5.74, 6) is 2.22. The number of hydrogen-bond donors (Lipinski definition) is 2. The van der Waals surface area contributed by atoms with Crippen molar-refractivity contribution < 1.29 is 33.3 Å². The number of aryl methyl sites for hydroxylation is 2. The van der Waals surface area contributed by atoms with E-state index in [1.54, 1.807) is 50.6 Å². The number of amides is 2. The molecular formula is C41H53N7O7. The summed E-state index contributed by atoms with van der Waals surface area (Å²) in [7, 11) is 6.75. The number of ether oxygens (including phenoxy) is 5. The molecule has 1 aliphatic rings. The Bertz CT molecular complexity index is 1910. The minimum Gasteiger partial charge on any atom is -0.495 e. The number of piperazine rings is 1. The van der Waals surface area contributed by atoms with Crippen LogP contribution in [0.15, 0.2) is 60.8 Å². The molecule has 1 aliphatic heterocycles. The maximum Gasteiger partial charge on any atom is 0.425 e. The van der Waals surface area contributed by atoms with Gasteiger partial charge in [0.15, 0.2) is 11.5 Å². The van der Waals surface area contributed by atoms with Gasteiger partial charge in [-0.2, -0.15) is 4.98 Å². The third-order valence-corrected chi connectivity index (χ3v) is 9.50. The van der Waals surface area contributed by atoms with Crippen molar-refractivity contribution in [2.45, 2.75) is 46.6 Å². The fourth-order valence-corrected chi connectivity index (χ4v) is 6.13. The van der Waals surface area contributed by atoms with Gasteiger partial charge in [0.05, 0.1) is 33.6 Å². The predicted molar refractivity (Wildman–Crippen MR) is 213 cm³/mol. The van der Waals surface area contributed by atoms with E-state index >= 15 is 0 Å². The minimum absolute atomic E-state index is 0.0191. The number of methoxy groups -OCH3 is 3. The van der Waals surface area contributed by atoms with Crippen LogP contribution in [-0.4, -0.2) is 106 Å². The minimum atomic E-state index is -0.740. The van der Waals surface area contributed by atoms with Gasteiger partial charge < -0.3 is 44.1 Å². The Morgan fingerprint density at radius 3 is 2.27 bits per heavy atom. The lowest BCUT2D eigenvalue weighted by atomic mass is 10.1. The Morgan fingerprint density at radius 1 is 0.891 bits per heavy atom. The van der Waals surface area contributed by atoms with Crippen LogP contribution in [0.3, 0.4) is 0 Å². The van der Waals surface area contributed by atoms with Gasteiger partial charge in [0.2, 0.25) is 11.7 Å². The quantitative estimate of drug-likeness (QED) is 0.117. The van der Waals surface area contributed by atoms with Crippen LogP contribution in [0.2, 0.25) is 0 Å². The molecule has 1 saturated heterocycles. The highest BCUT2D eigenvalue weighted by Crippen LogP contribution is 2.41. The van der Waals surface area contributed by atoms with E-state index < -0.39 is 6.09 Å². The molecule has 1 aromatic heterocycles. The topological polar surface area (TPSA) is 140 Å². The summed E-state index contributed by atoms with van der Waals surface area (Å²) >= 11 is 0. The molecule has 3 aromatic carbocycles. The molecule has 5 rings (SSSR count). The molecule has 1 atom stereocenters. The second kappa shape index (κ2) is 19.1. The summed E-state index contributed by atoms with van der Waals surface area (Å²) in [5, 5.41) is 6.20. The molecule has 294 valence electrons. The molecule has 14 heteroatoms. The number of nitrogens with zero attached hydrogens (tertiary/aromatic N) is 5. The van der Waals surface area contributed by atoms with E-state index in [1.165, 1.54) is 18.2 Å². The maximum absolute atomic E-state index is 14.2. The highest BCUT2D eigenvalue weighted by atomic mass is 16.6. The van der Waals surface area contributed by atoms with Crippen molar-refractivity contribution in [1.29, 1.82) is 0 Å². The van der Waals surface area contributed by atoms with Crippen LogP contribution in [0.25, 0.3) is 0 Å². The smallest absolute Gasteiger partial charge is 0.425 e. The van der Waals surface area contributed by atoms with Gasteiger partial charge in [0.25, 0.3) is 5.91 Å². The zero-order valence-electron chi connectivity index (χ0n) is 33.1. The lowest BCUT2D eigenvalue weighted by Gasteiger charge is -2.32. The Morgan fingerprint density at radius 2 is 1.60 bits per heavy atom. The van der Waals surface area contributed by atoms with Crippen molar-refractivity contribution in [3.05, 3.63) is 77.5 Å². The lowest BCUT2D eigenvalue weighted by Crippen LogP contribution is -2.44. The van der Waals surface area contributed by atoms with Gasteiger partial charge in [-0.15, -0.1) is 0 Å². The Kier molecular flexibility index (Phi) is 14.1. The molecular weight excluding hydrogens is 702 g/mol. The van der Waals surface area contributed by atoms with Gasteiger partial charge in [-0.3, -0.25) is 4.79 Å². The number of para-hydroxylation sites is 1. The average molecular weight is 756 g/mol. The third-order valence-electron chi connectivity index (χ3n) is 9.50. The SMILES string of the molecule is CCC(C)NC(=O)c1ccc(N(C(=O)Oc2c(C)cccc2C)c2ccnc(Nc3cc(OC)c(OC)c(OCCCN4CCN(C)CC4)c3)n2)c(OC)c1. The number of aromatic nitrogens is 2. The average Bonchev–Trinajstić information content (AvgIpc) is 3.18. The van der Waals surface area contributed by atoms with Gasteiger partial charge >= 0.3 is 6.09 Å². The second-order valence-corrected chi connectivity index (χ2v) is 13.5. The van der Waals surface area contributed by atoms with Crippen molar-refractivity contribution in [3.8, 4) is 28.7 Å². The standard InChI is InChI=1S/C41H53N7O7/c1-9-29(4)43-39(49)30-14-15-32(33(24-30)51-6)48(41(50)55-37-27(2)12-10-13-28(37)3)36-16-17-42-40(45-36)44-31-25-34(52-7)38(53-8)35(26-31)54-23-11-18-47-21-19-46(5)20-22-47/h10,12-17,24-26,29H,9,11,18-23H2,1-8H3,(H,43,49)(H,42,44,45). The normalized spacial score (nSPS) is 13.7. The van der Waals surface area contributed by atoms with Crippen molar-refractivity contribution in [2.24, 2.45) is 0 Å². The van der Waals surface area contributed by atoms with Gasteiger partial charge in [0.1, 0.15) is 17.3 Å². The van der Waals surface area contributed by atoms with Crippen LogP contribution in [0.1, 0.15) is 48.2 Å². The molecule has 0 spiro atoms. The lowest BCUT2D eigenvalue weighted by molar-refractivity contribution is 0.0939. The van der Waals surface area contributed by atoms with Crippen molar-refractivity contribution >= 4 is 35.1 Å². The first-order valence-electron chi connectivity index (χ1n) is 18.5. The Hall–Kier alpha value is -5.60. The number of hydrogen-bond acceptors (Lipinski definition) is 12. The van der Waals surface area contributed by atoms with Gasteiger partial charge in [-0.25, -0.2) is 14.7 Å². The molecule has 0 aliphatic carbocycles. The molecule has 0 saturated carbocycles. The number of rotatable bonds is 16. The van der Waals surface area contributed by atoms with Crippen LogP contribution in [0, 0.1) is 13.8 Å².